The van der Waals surface area contributed by atoms with Crippen molar-refractivity contribution in [2.24, 2.45) is 0 Å². The quantitative estimate of drug-likeness (QED) is 0.532. The number of sulfonamides is 1. The Balaban J connectivity index is 1.91. The van der Waals surface area contributed by atoms with Crippen LogP contribution < -0.4 is 10.6 Å². The monoisotopic (exact) mass is 552 g/mol. The first-order chi connectivity index (χ1) is 17.5. The molecule has 0 saturated carbocycles. The molecule has 200 valence electrons. The SMILES string of the molecule is CCOC(=O)NC(=O)c1c(NC(=O)c2ccc(S(=O)(=O)N(C)C)cc2)sc2c1CCN(C(=O)OCC)C2. The number of anilines is 1. The van der Waals surface area contributed by atoms with Crippen LogP contribution in [-0.4, -0.2) is 75.5 Å². The Labute approximate surface area is 218 Å². The Bertz CT molecular complexity index is 1300. The standard InChI is InChI=1S/C23H28N4O8S2/c1-5-34-22(30)25-20(29)18-16-11-12-27(23(31)35-6-2)13-17(16)36-21(18)24-19(28)14-7-9-15(10-8-14)37(32,33)26(3)4/h7-10H,5-6,11-13H2,1-4H3,(H,24,28)(H,25,29,30). The second-order valence-electron chi connectivity index (χ2n) is 8.02. The van der Waals surface area contributed by atoms with Crippen LogP contribution in [0.15, 0.2) is 29.2 Å². The molecule has 0 fully saturated rings. The van der Waals surface area contributed by atoms with E-state index in [0.29, 0.717) is 16.9 Å². The molecule has 37 heavy (non-hydrogen) atoms. The molecule has 0 saturated heterocycles. The Morgan fingerprint density at radius 2 is 1.68 bits per heavy atom. The van der Waals surface area contributed by atoms with Crippen molar-refractivity contribution in [3.8, 4) is 0 Å². The van der Waals surface area contributed by atoms with Crippen LogP contribution in [-0.2, 0) is 32.5 Å². The molecule has 2 heterocycles. The molecule has 0 atom stereocenters. The van der Waals surface area contributed by atoms with Gasteiger partial charge < -0.3 is 19.7 Å². The minimum absolute atomic E-state index is 0.0224. The van der Waals surface area contributed by atoms with Gasteiger partial charge in [0.2, 0.25) is 10.0 Å². The van der Waals surface area contributed by atoms with Crippen LogP contribution in [0.3, 0.4) is 0 Å². The first-order valence-corrected chi connectivity index (χ1v) is 13.6. The maximum Gasteiger partial charge on any atom is 0.414 e. The van der Waals surface area contributed by atoms with E-state index in [4.69, 9.17) is 9.47 Å². The maximum atomic E-state index is 13.0. The fourth-order valence-corrected chi connectivity index (χ4v) is 5.75. The van der Waals surface area contributed by atoms with E-state index in [1.54, 1.807) is 13.8 Å². The summed E-state index contributed by atoms with van der Waals surface area (Å²) in [4.78, 5) is 52.3. The molecular formula is C23H28N4O8S2. The van der Waals surface area contributed by atoms with E-state index >= 15 is 0 Å². The lowest BCUT2D eigenvalue weighted by molar-refractivity contribution is 0.0924. The van der Waals surface area contributed by atoms with Crippen molar-refractivity contribution in [3.05, 3.63) is 45.8 Å². The molecular weight excluding hydrogens is 524 g/mol. The molecule has 2 aromatic rings. The highest BCUT2D eigenvalue weighted by Gasteiger charge is 2.32. The predicted molar refractivity (Wildman–Crippen MR) is 135 cm³/mol. The maximum absolute atomic E-state index is 13.0. The summed E-state index contributed by atoms with van der Waals surface area (Å²) in [5.41, 5.74) is 0.876. The van der Waals surface area contributed by atoms with E-state index in [9.17, 15) is 27.6 Å². The van der Waals surface area contributed by atoms with Crippen LogP contribution in [0.4, 0.5) is 14.6 Å². The predicted octanol–water partition coefficient (Wildman–Crippen LogP) is 2.65. The molecule has 1 aromatic heterocycles. The van der Waals surface area contributed by atoms with Crippen LogP contribution >= 0.6 is 11.3 Å². The number of ether oxygens (including phenoxy) is 2. The molecule has 1 aliphatic rings. The Hall–Kier alpha value is -3.49. The van der Waals surface area contributed by atoms with Crippen molar-refractivity contribution in [2.75, 3.05) is 39.2 Å². The lowest BCUT2D eigenvalue weighted by Gasteiger charge is -2.26. The van der Waals surface area contributed by atoms with Crippen LogP contribution in [0.1, 0.15) is 45.0 Å². The topological polar surface area (TPSA) is 151 Å². The normalized spacial score (nSPS) is 13.1. The number of carbonyl (C=O) groups excluding carboxylic acids is 4. The second kappa shape index (κ2) is 11.7. The summed E-state index contributed by atoms with van der Waals surface area (Å²) in [6.45, 7) is 4.05. The van der Waals surface area contributed by atoms with Gasteiger partial charge in [0.25, 0.3) is 11.8 Å². The minimum atomic E-state index is -3.67. The molecule has 4 amide bonds. The van der Waals surface area contributed by atoms with Gasteiger partial charge in [-0.2, -0.15) is 0 Å². The average Bonchev–Trinajstić information content (AvgIpc) is 3.21. The third kappa shape index (κ3) is 6.26. The minimum Gasteiger partial charge on any atom is -0.450 e. The highest BCUT2D eigenvalue weighted by Crippen LogP contribution is 2.37. The molecule has 0 aliphatic carbocycles. The van der Waals surface area contributed by atoms with Gasteiger partial charge in [-0.1, -0.05) is 0 Å². The van der Waals surface area contributed by atoms with Gasteiger partial charge in [0.15, 0.2) is 0 Å². The lowest BCUT2D eigenvalue weighted by atomic mass is 10.0. The van der Waals surface area contributed by atoms with E-state index in [2.05, 4.69) is 10.6 Å². The smallest absolute Gasteiger partial charge is 0.414 e. The Kier molecular flexibility index (Phi) is 8.89. The van der Waals surface area contributed by atoms with Crippen molar-refractivity contribution in [1.82, 2.24) is 14.5 Å². The molecule has 3 rings (SSSR count). The first kappa shape index (κ1) is 28.1. The van der Waals surface area contributed by atoms with Crippen LogP contribution in [0.25, 0.3) is 0 Å². The van der Waals surface area contributed by atoms with Crippen molar-refractivity contribution in [2.45, 2.75) is 31.7 Å². The van der Waals surface area contributed by atoms with Gasteiger partial charge in [-0.05, 0) is 50.1 Å². The van der Waals surface area contributed by atoms with Crippen LogP contribution in [0.2, 0.25) is 0 Å². The van der Waals surface area contributed by atoms with Gasteiger partial charge in [-0.25, -0.2) is 22.3 Å². The Morgan fingerprint density at radius 1 is 1.03 bits per heavy atom. The zero-order chi connectivity index (χ0) is 27.3. The van der Waals surface area contributed by atoms with E-state index < -0.39 is 34.0 Å². The number of benzene rings is 1. The number of amides is 4. The van der Waals surface area contributed by atoms with E-state index in [-0.39, 0.29) is 47.3 Å². The number of fused-ring (bicyclic) bond motifs is 1. The van der Waals surface area contributed by atoms with Crippen molar-refractivity contribution in [3.63, 3.8) is 0 Å². The average molecular weight is 553 g/mol. The summed E-state index contributed by atoms with van der Waals surface area (Å²) in [5, 5.41) is 5.03. The summed E-state index contributed by atoms with van der Waals surface area (Å²) >= 11 is 1.11. The number of hydrogen-bond acceptors (Lipinski definition) is 9. The summed E-state index contributed by atoms with van der Waals surface area (Å²) < 4.78 is 35.5. The molecule has 1 aliphatic heterocycles. The van der Waals surface area contributed by atoms with Crippen molar-refractivity contribution in [1.29, 1.82) is 0 Å². The first-order valence-electron chi connectivity index (χ1n) is 11.4. The zero-order valence-electron chi connectivity index (χ0n) is 20.8. The largest absolute Gasteiger partial charge is 0.450 e. The summed E-state index contributed by atoms with van der Waals surface area (Å²) in [6, 6.07) is 5.35. The highest BCUT2D eigenvalue weighted by molar-refractivity contribution is 7.89. The number of imide groups is 1. The third-order valence-corrected chi connectivity index (χ3v) is 8.38. The van der Waals surface area contributed by atoms with Gasteiger partial charge in [0.05, 0.1) is 30.2 Å². The molecule has 14 heteroatoms. The van der Waals surface area contributed by atoms with Crippen LogP contribution in [0, 0.1) is 0 Å². The summed E-state index contributed by atoms with van der Waals surface area (Å²) in [5.74, 6) is -1.33. The summed E-state index contributed by atoms with van der Waals surface area (Å²) in [6.07, 6.45) is -1.10. The molecule has 0 radical (unpaired) electrons. The van der Waals surface area contributed by atoms with E-state index in [0.717, 1.165) is 15.6 Å². The lowest BCUT2D eigenvalue weighted by Crippen LogP contribution is -2.37. The van der Waals surface area contributed by atoms with Gasteiger partial charge in [0.1, 0.15) is 5.00 Å². The number of nitrogens with one attached hydrogen (secondary N) is 2. The number of hydrogen-bond donors (Lipinski definition) is 2. The van der Waals surface area contributed by atoms with E-state index in [1.165, 1.54) is 43.3 Å². The second-order valence-corrected chi connectivity index (χ2v) is 11.3. The molecule has 0 spiro atoms. The zero-order valence-corrected chi connectivity index (χ0v) is 22.5. The molecule has 1 aromatic carbocycles. The van der Waals surface area contributed by atoms with Crippen molar-refractivity contribution < 1.29 is 37.1 Å². The third-order valence-electron chi connectivity index (χ3n) is 5.42. The molecule has 0 unspecified atom stereocenters. The number of alkyl carbamates (subject to hydrolysis) is 1. The number of rotatable bonds is 7. The number of carbonyl (C=O) groups is 4. The number of thiophene rings is 1. The molecule has 2 N–H and O–H groups in total. The van der Waals surface area contributed by atoms with E-state index in [1.807, 2.05) is 0 Å². The molecule has 12 nitrogen and oxygen atoms in total. The van der Waals surface area contributed by atoms with Crippen LogP contribution in [0.5, 0.6) is 0 Å². The van der Waals surface area contributed by atoms with Gasteiger partial charge >= 0.3 is 12.2 Å². The highest BCUT2D eigenvalue weighted by atomic mass is 32.2. The molecule has 0 bridgehead atoms. The van der Waals surface area contributed by atoms with Crippen molar-refractivity contribution >= 4 is 50.4 Å². The summed E-state index contributed by atoms with van der Waals surface area (Å²) in [7, 11) is -0.860. The van der Waals surface area contributed by atoms with Gasteiger partial charge in [-0.15, -0.1) is 11.3 Å². The fourth-order valence-electron chi connectivity index (χ4n) is 3.59. The Morgan fingerprint density at radius 3 is 2.27 bits per heavy atom. The van der Waals surface area contributed by atoms with Gasteiger partial charge in [-0.3, -0.25) is 14.9 Å². The van der Waals surface area contributed by atoms with Gasteiger partial charge in [0, 0.05) is 31.1 Å². The number of nitrogens with zero attached hydrogens (tertiary/aromatic N) is 2. The fraction of sp³-hybridized carbons (Fsp3) is 0.391.